The van der Waals surface area contributed by atoms with E-state index in [4.69, 9.17) is 9.47 Å². The maximum Gasteiger partial charge on any atom is 0.433 e. The number of nitrogens with zero attached hydrogens (tertiary/aromatic N) is 4. The molecule has 0 aliphatic heterocycles. The minimum atomic E-state index is -4.68. The van der Waals surface area contributed by atoms with Crippen molar-refractivity contribution in [3.63, 3.8) is 0 Å². The molecule has 4 aromatic rings. The fourth-order valence-electron chi connectivity index (χ4n) is 3.64. The number of alkyl halides is 3. The van der Waals surface area contributed by atoms with Crippen molar-refractivity contribution in [1.82, 2.24) is 9.97 Å². The van der Waals surface area contributed by atoms with Crippen molar-refractivity contribution in [1.29, 1.82) is 5.26 Å². The first-order valence-electron chi connectivity index (χ1n) is 11.4. The number of carbonyl (C=O) groups excluding carboxylic acids is 1. The molecular weight excluding hydrogens is 497 g/mol. The SMILES string of the molecule is CN(C(=O)c1cccc(-c2cnc(C(F)(F)F)cc2C#N)c1)c1ccccc1OCCOc1ccccn1. The summed E-state index contributed by atoms with van der Waals surface area (Å²) in [5.41, 5.74) is -0.00635. The van der Waals surface area contributed by atoms with Gasteiger partial charge in [-0.05, 0) is 42.0 Å². The standard InChI is InChI=1S/C28H21F3N4O3/c1-35(23-9-2-3-10-24(23)37-13-14-38-26-11-4-5-12-33-26)27(36)20-8-6-7-19(15-20)22-18-34-25(28(29,30)31)16-21(22)17-32/h2-12,15-16,18H,13-14H2,1H3. The molecule has 0 N–H and O–H groups in total. The van der Waals surface area contributed by atoms with Crippen molar-refractivity contribution in [2.24, 2.45) is 0 Å². The summed E-state index contributed by atoms with van der Waals surface area (Å²) in [6.07, 6.45) is -2.06. The van der Waals surface area contributed by atoms with Crippen molar-refractivity contribution in [3.8, 4) is 28.8 Å². The average molecular weight is 518 g/mol. The Morgan fingerprint density at radius 2 is 1.74 bits per heavy atom. The second-order valence-electron chi connectivity index (χ2n) is 8.00. The van der Waals surface area contributed by atoms with Gasteiger partial charge in [0.2, 0.25) is 5.88 Å². The van der Waals surface area contributed by atoms with Crippen LogP contribution in [0.1, 0.15) is 21.6 Å². The third-order valence-corrected chi connectivity index (χ3v) is 5.50. The number of halogens is 3. The van der Waals surface area contributed by atoms with Crippen LogP contribution in [0.5, 0.6) is 11.6 Å². The minimum absolute atomic E-state index is 0.189. The number of rotatable bonds is 8. The smallest absolute Gasteiger partial charge is 0.433 e. The maximum atomic E-state index is 13.3. The van der Waals surface area contributed by atoms with Crippen LogP contribution in [0.25, 0.3) is 11.1 Å². The first-order valence-corrected chi connectivity index (χ1v) is 11.4. The van der Waals surface area contributed by atoms with Crippen molar-refractivity contribution in [2.45, 2.75) is 6.18 Å². The van der Waals surface area contributed by atoms with E-state index in [1.807, 2.05) is 6.07 Å². The number of aromatic nitrogens is 2. The third-order valence-electron chi connectivity index (χ3n) is 5.50. The molecule has 1 amide bonds. The van der Waals surface area contributed by atoms with Crippen molar-refractivity contribution >= 4 is 11.6 Å². The molecule has 10 heteroatoms. The van der Waals surface area contributed by atoms with Crippen LogP contribution in [-0.2, 0) is 6.18 Å². The number of nitriles is 1. The molecule has 0 bridgehead atoms. The lowest BCUT2D eigenvalue weighted by Crippen LogP contribution is -2.27. The van der Waals surface area contributed by atoms with Crippen LogP contribution in [0.4, 0.5) is 18.9 Å². The van der Waals surface area contributed by atoms with Gasteiger partial charge in [0.15, 0.2) is 0 Å². The van der Waals surface area contributed by atoms with E-state index in [9.17, 15) is 23.2 Å². The Hall–Kier alpha value is -4.91. The highest BCUT2D eigenvalue weighted by Gasteiger charge is 2.33. The van der Waals surface area contributed by atoms with Crippen LogP contribution in [-0.4, -0.2) is 36.1 Å². The van der Waals surface area contributed by atoms with E-state index in [1.54, 1.807) is 73.9 Å². The molecule has 7 nitrogen and oxygen atoms in total. The average Bonchev–Trinajstić information content (AvgIpc) is 2.94. The summed E-state index contributed by atoms with van der Waals surface area (Å²) in [5, 5.41) is 9.42. The van der Waals surface area contributed by atoms with E-state index >= 15 is 0 Å². The van der Waals surface area contributed by atoms with E-state index in [0.29, 0.717) is 28.9 Å². The Bertz CT molecular complexity index is 1470. The van der Waals surface area contributed by atoms with E-state index < -0.39 is 11.9 Å². The second kappa shape index (κ2) is 11.4. The molecule has 0 radical (unpaired) electrons. The van der Waals surface area contributed by atoms with Crippen molar-refractivity contribution in [3.05, 3.63) is 102 Å². The highest BCUT2D eigenvalue weighted by atomic mass is 19.4. The molecule has 0 unspecified atom stereocenters. The van der Waals surface area contributed by atoms with E-state index in [0.717, 1.165) is 6.20 Å². The number of pyridine rings is 2. The molecule has 0 spiro atoms. The van der Waals surface area contributed by atoms with Crippen molar-refractivity contribution in [2.75, 3.05) is 25.2 Å². The molecule has 2 heterocycles. The summed E-state index contributed by atoms with van der Waals surface area (Å²) in [4.78, 5) is 22.3. The van der Waals surface area contributed by atoms with Gasteiger partial charge in [0, 0.05) is 36.6 Å². The number of anilines is 1. The second-order valence-corrected chi connectivity index (χ2v) is 8.00. The summed E-state index contributed by atoms with van der Waals surface area (Å²) in [6, 6.07) is 21.1. The summed E-state index contributed by atoms with van der Waals surface area (Å²) in [7, 11) is 1.59. The van der Waals surface area contributed by atoms with Gasteiger partial charge in [0.1, 0.15) is 24.7 Å². The lowest BCUT2D eigenvalue weighted by Gasteiger charge is -2.21. The predicted octanol–water partition coefficient (Wildman–Crippen LogP) is 5.77. The zero-order valence-corrected chi connectivity index (χ0v) is 20.1. The van der Waals surface area contributed by atoms with Gasteiger partial charge in [-0.1, -0.05) is 30.3 Å². The molecule has 2 aromatic heterocycles. The summed E-state index contributed by atoms with van der Waals surface area (Å²) in [6.45, 7) is 0.455. The van der Waals surface area contributed by atoms with E-state index in [-0.39, 0.29) is 35.8 Å². The number of amides is 1. The fraction of sp³-hybridized carbons (Fsp3) is 0.143. The Labute approximate surface area is 216 Å². The Morgan fingerprint density at radius 1 is 0.974 bits per heavy atom. The lowest BCUT2D eigenvalue weighted by molar-refractivity contribution is -0.141. The monoisotopic (exact) mass is 518 g/mol. The molecule has 0 saturated carbocycles. The van der Waals surface area contributed by atoms with Crippen LogP contribution < -0.4 is 14.4 Å². The fourth-order valence-corrected chi connectivity index (χ4v) is 3.64. The summed E-state index contributed by atoms with van der Waals surface area (Å²) < 4.78 is 50.5. The molecule has 38 heavy (non-hydrogen) atoms. The predicted molar refractivity (Wildman–Crippen MR) is 134 cm³/mol. The van der Waals surface area contributed by atoms with E-state index in [2.05, 4.69) is 9.97 Å². The van der Waals surface area contributed by atoms with E-state index in [1.165, 1.54) is 11.0 Å². The number of carbonyl (C=O) groups is 1. The Balaban J connectivity index is 1.51. The van der Waals surface area contributed by atoms with Gasteiger partial charge < -0.3 is 14.4 Å². The quantitative estimate of drug-likeness (QED) is 0.275. The largest absolute Gasteiger partial charge is 0.488 e. The number of benzene rings is 2. The van der Waals surface area contributed by atoms with Gasteiger partial charge in [-0.3, -0.25) is 9.78 Å². The van der Waals surface area contributed by atoms with Gasteiger partial charge in [0.25, 0.3) is 5.91 Å². The number of ether oxygens (including phenoxy) is 2. The number of hydrogen-bond acceptors (Lipinski definition) is 6. The maximum absolute atomic E-state index is 13.3. The highest BCUT2D eigenvalue weighted by molar-refractivity contribution is 6.07. The van der Waals surface area contributed by atoms with Gasteiger partial charge in [-0.2, -0.15) is 18.4 Å². The molecule has 192 valence electrons. The highest BCUT2D eigenvalue weighted by Crippen LogP contribution is 2.32. The van der Waals surface area contributed by atoms with Crippen LogP contribution in [0.3, 0.4) is 0 Å². The van der Waals surface area contributed by atoms with Crippen LogP contribution in [0.2, 0.25) is 0 Å². The Kier molecular flexibility index (Phi) is 7.87. The number of hydrogen-bond donors (Lipinski definition) is 0. The van der Waals surface area contributed by atoms with Gasteiger partial charge in [-0.15, -0.1) is 0 Å². The van der Waals surface area contributed by atoms with Crippen LogP contribution in [0.15, 0.2) is 85.2 Å². The molecule has 2 aromatic carbocycles. The van der Waals surface area contributed by atoms with Gasteiger partial charge >= 0.3 is 6.18 Å². The number of para-hydroxylation sites is 2. The first kappa shape index (κ1) is 26.2. The van der Waals surface area contributed by atoms with Gasteiger partial charge in [0.05, 0.1) is 17.3 Å². The zero-order valence-electron chi connectivity index (χ0n) is 20.1. The van der Waals surface area contributed by atoms with Crippen LogP contribution >= 0.6 is 0 Å². The van der Waals surface area contributed by atoms with Crippen LogP contribution in [0, 0.1) is 11.3 Å². The van der Waals surface area contributed by atoms with Crippen molar-refractivity contribution < 1.29 is 27.4 Å². The molecule has 0 fully saturated rings. The summed E-state index contributed by atoms with van der Waals surface area (Å²) >= 11 is 0. The topological polar surface area (TPSA) is 88.3 Å². The molecule has 0 atom stereocenters. The normalized spacial score (nSPS) is 10.9. The molecular formula is C28H21F3N4O3. The lowest BCUT2D eigenvalue weighted by atomic mass is 9.99. The van der Waals surface area contributed by atoms with Gasteiger partial charge in [-0.25, -0.2) is 4.98 Å². The molecule has 0 aliphatic carbocycles. The molecule has 4 rings (SSSR count). The Morgan fingerprint density at radius 3 is 2.47 bits per heavy atom. The summed E-state index contributed by atoms with van der Waals surface area (Å²) in [5.74, 6) is 0.549. The zero-order chi connectivity index (χ0) is 27.1. The molecule has 0 saturated heterocycles. The first-order chi connectivity index (χ1) is 18.3. The molecule has 0 aliphatic rings. The minimum Gasteiger partial charge on any atom is -0.488 e. The third kappa shape index (κ3) is 6.07.